The Morgan fingerprint density at radius 2 is 2.44 bits per heavy atom. The van der Waals surface area contributed by atoms with Gasteiger partial charge in [0.25, 0.3) is 0 Å². The molecule has 3 nitrogen and oxygen atoms in total. The number of rotatable bonds is 4. The topological polar surface area (TPSA) is 29.9 Å². The van der Waals surface area contributed by atoms with E-state index in [1.807, 2.05) is 6.20 Å². The number of hydrogen-bond donors (Lipinski definition) is 1. The molecule has 16 heavy (non-hydrogen) atoms. The first-order valence-corrected chi connectivity index (χ1v) is 6.46. The smallest absolute Gasteiger partial charge is 0.108 e. The molecule has 1 aliphatic heterocycles. The van der Waals surface area contributed by atoms with Gasteiger partial charge in [0.15, 0.2) is 0 Å². The highest BCUT2D eigenvalue weighted by Gasteiger charge is 2.16. The average molecular weight is 221 g/mol. The van der Waals surface area contributed by atoms with Crippen LogP contribution in [0.15, 0.2) is 12.4 Å². The summed E-state index contributed by atoms with van der Waals surface area (Å²) in [6, 6.07) is 0. The highest BCUT2D eigenvalue weighted by atomic mass is 15.1. The lowest BCUT2D eigenvalue weighted by atomic mass is 9.96. The Hall–Kier alpha value is -0.830. The van der Waals surface area contributed by atoms with Crippen LogP contribution >= 0.6 is 0 Å². The van der Waals surface area contributed by atoms with Gasteiger partial charge in [-0.2, -0.15) is 0 Å². The van der Waals surface area contributed by atoms with E-state index in [9.17, 15) is 0 Å². The Bertz CT molecular complexity index is 311. The summed E-state index contributed by atoms with van der Waals surface area (Å²) >= 11 is 0. The van der Waals surface area contributed by atoms with Crippen LogP contribution < -0.4 is 5.32 Å². The molecule has 0 aromatic carbocycles. The number of aromatic nitrogens is 2. The van der Waals surface area contributed by atoms with Gasteiger partial charge in [0.2, 0.25) is 0 Å². The minimum atomic E-state index is 0.692. The predicted molar refractivity (Wildman–Crippen MR) is 66.4 cm³/mol. The normalized spacial score (nSPS) is 21.6. The van der Waals surface area contributed by atoms with E-state index in [-0.39, 0.29) is 0 Å². The van der Waals surface area contributed by atoms with Crippen molar-refractivity contribution in [3.8, 4) is 0 Å². The maximum Gasteiger partial charge on any atom is 0.108 e. The van der Waals surface area contributed by atoms with Crippen LogP contribution in [-0.4, -0.2) is 22.6 Å². The van der Waals surface area contributed by atoms with Gasteiger partial charge < -0.3 is 9.88 Å². The molecule has 1 aromatic heterocycles. The fourth-order valence-corrected chi connectivity index (χ4v) is 2.45. The molecule has 90 valence electrons. The summed E-state index contributed by atoms with van der Waals surface area (Å²) in [6.45, 7) is 7.96. The van der Waals surface area contributed by atoms with Gasteiger partial charge in [0, 0.05) is 25.4 Å². The molecule has 0 aliphatic carbocycles. The highest BCUT2D eigenvalue weighted by Crippen LogP contribution is 2.16. The monoisotopic (exact) mass is 221 g/mol. The van der Waals surface area contributed by atoms with Crippen molar-refractivity contribution in [1.82, 2.24) is 14.9 Å². The van der Waals surface area contributed by atoms with Crippen LogP contribution in [0.2, 0.25) is 0 Å². The van der Waals surface area contributed by atoms with Crippen LogP contribution in [-0.2, 0) is 13.0 Å². The third-order valence-corrected chi connectivity index (χ3v) is 3.23. The standard InChI is InChI=1S/C13H23N3/c1-11(2)10-16-7-6-15-13(16)8-12-4-3-5-14-9-12/h6-7,11-12,14H,3-5,8-10H2,1-2H3. The molecule has 0 saturated carbocycles. The van der Waals surface area contributed by atoms with E-state index in [1.165, 1.54) is 25.2 Å². The van der Waals surface area contributed by atoms with E-state index in [1.54, 1.807) is 0 Å². The molecule has 0 spiro atoms. The Balaban J connectivity index is 1.94. The first kappa shape index (κ1) is 11.6. The molecule has 0 amide bonds. The number of imidazole rings is 1. The summed E-state index contributed by atoms with van der Waals surface area (Å²) in [6.07, 6.45) is 7.85. The van der Waals surface area contributed by atoms with Crippen molar-refractivity contribution < 1.29 is 0 Å². The highest BCUT2D eigenvalue weighted by molar-refractivity contribution is 4.95. The SMILES string of the molecule is CC(C)Cn1ccnc1CC1CCCNC1. The second-order valence-corrected chi connectivity index (χ2v) is 5.31. The summed E-state index contributed by atoms with van der Waals surface area (Å²) < 4.78 is 2.32. The van der Waals surface area contributed by atoms with Crippen LogP contribution in [0.3, 0.4) is 0 Å². The quantitative estimate of drug-likeness (QED) is 0.843. The number of piperidine rings is 1. The second kappa shape index (κ2) is 5.48. The van der Waals surface area contributed by atoms with E-state index < -0.39 is 0 Å². The van der Waals surface area contributed by atoms with Crippen molar-refractivity contribution in [2.24, 2.45) is 11.8 Å². The maximum absolute atomic E-state index is 4.50. The fraction of sp³-hybridized carbons (Fsp3) is 0.769. The molecule has 0 radical (unpaired) electrons. The first-order valence-electron chi connectivity index (χ1n) is 6.46. The van der Waals surface area contributed by atoms with Crippen LogP contribution in [0.25, 0.3) is 0 Å². The van der Waals surface area contributed by atoms with E-state index in [0.29, 0.717) is 5.92 Å². The van der Waals surface area contributed by atoms with Gasteiger partial charge in [0.05, 0.1) is 0 Å². The van der Waals surface area contributed by atoms with Crippen molar-refractivity contribution >= 4 is 0 Å². The van der Waals surface area contributed by atoms with Gasteiger partial charge in [-0.3, -0.25) is 0 Å². The Morgan fingerprint density at radius 1 is 1.56 bits per heavy atom. The Morgan fingerprint density at radius 3 is 3.12 bits per heavy atom. The molecule has 1 saturated heterocycles. The van der Waals surface area contributed by atoms with E-state index >= 15 is 0 Å². The molecule has 1 N–H and O–H groups in total. The largest absolute Gasteiger partial charge is 0.335 e. The average Bonchev–Trinajstić information content (AvgIpc) is 2.66. The van der Waals surface area contributed by atoms with Crippen LogP contribution in [0.5, 0.6) is 0 Å². The fourth-order valence-electron chi connectivity index (χ4n) is 2.45. The molecular formula is C13H23N3. The van der Waals surface area contributed by atoms with Gasteiger partial charge in [0.1, 0.15) is 5.82 Å². The zero-order valence-corrected chi connectivity index (χ0v) is 10.4. The number of hydrogen-bond acceptors (Lipinski definition) is 2. The second-order valence-electron chi connectivity index (χ2n) is 5.31. The third-order valence-electron chi connectivity index (χ3n) is 3.23. The molecule has 1 atom stereocenters. The van der Waals surface area contributed by atoms with E-state index in [0.717, 1.165) is 25.4 Å². The van der Waals surface area contributed by atoms with Crippen LogP contribution in [0.1, 0.15) is 32.5 Å². The Kier molecular flexibility index (Phi) is 3.99. The van der Waals surface area contributed by atoms with Crippen molar-refractivity contribution in [2.75, 3.05) is 13.1 Å². The molecular weight excluding hydrogens is 198 g/mol. The minimum absolute atomic E-state index is 0.692. The van der Waals surface area contributed by atoms with Gasteiger partial charge in [-0.1, -0.05) is 13.8 Å². The predicted octanol–water partition coefficient (Wildman–Crippen LogP) is 2.08. The van der Waals surface area contributed by atoms with Gasteiger partial charge >= 0.3 is 0 Å². The van der Waals surface area contributed by atoms with Crippen molar-refractivity contribution in [2.45, 2.75) is 39.7 Å². The molecule has 1 unspecified atom stereocenters. The molecule has 2 heterocycles. The van der Waals surface area contributed by atoms with Gasteiger partial charge in [-0.15, -0.1) is 0 Å². The van der Waals surface area contributed by atoms with Crippen molar-refractivity contribution in [3.05, 3.63) is 18.2 Å². The summed E-state index contributed by atoms with van der Waals surface area (Å²) in [5.74, 6) is 2.74. The van der Waals surface area contributed by atoms with Crippen molar-refractivity contribution in [1.29, 1.82) is 0 Å². The van der Waals surface area contributed by atoms with Gasteiger partial charge in [-0.05, 0) is 37.8 Å². The van der Waals surface area contributed by atoms with Crippen LogP contribution in [0.4, 0.5) is 0 Å². The summed E-state index contributed by atoms with van der Waals surface area (Å²) in [5, 5.41) is 3.47. The lowest BCUT2D eigenvalue weighted by Crippen LogP contribution is -2.31. The lowest BCUT2D eigenvalue weighted by Gasteiger charge is -2.22. The zero-order chi connectivity index (χ0) is 11.4. The molecule has 3 heteroatoms. The van der Waals surface area contributed by atoms with Gasteiger partial charge in [-0.25, -0.2) is 4.98 Å². The molecule has 1 aromatic rings. The van der Waals surface area contributed by atoms with E-state index in [2.05, 4.69) is 34.9 Å². The maximum atomic E-state index is 4.50. The minimum Gasteiger partial charge on any atom is -0.335 e. The molecule has 0 bridgehead atoms. The molecule has 2 rings (SSSR count). The lowest BCUT2D eigenvalue weighted by molar-refractivity contribution is 0.363. The molecule has 1 fully saturated rings. The number of nitrogens with one attached hydrogen (secondary N) is 1. The first-order chi connectivity index (χ1) is 7.75. The Labute approximate surface area is 98.3 Å². The summed E-state index contributed by atoms with van der Waals surface area (Å²) in [5.41, 5.74) is 0. The zero-order valence-electron chi connectivity index (χ0n) is 10.4. The van der Waals surface area contributed by atoms with E-state index in [4.69, 9.17) is 0 Å². The van der Waals surface area contributed by atoms with Crippen molar-refractivity contribution in [3.63, 3.8) is 0 Å². The summed E-state index contributed by atoms with van der Waals surface area (Å²) in [4.78, 5) is 4.50. The number of nitrogens with zero attached hydrogens (tertiary/aromatic N) is 2. The summed E-state index contributed by atoms with van der Waals surface area (Å²) in [7, 11) is 0. The third kappa shape index (κ3) is 3.08. The molecule has 1 aliphatic rings. The van der Waals surface area contributed by atoms with Crippen LogP contribution in [0, 0.1) is 11.8 Å².